The van der Waals surface area contributed by atoms with E-state index in [1.165, 1.54) is 18.2 Å². The Bertz CT molecular complexity index is 1130. The van der Waals surface area contributed by atoms with Crippen LogP contribution in [0.2, 0.25) is 0 Å². The van der Waals surface area contributed by atoms with Gasteiger partial charge in [-0.25, -0.2) is 9.18 Å². The molecule has 3 aromatic rings. The van der Waals surface area contributed by atoms with Crippen molar-refractivity contribution in [3.63, 3.8) is 0 Å². The monoisotopic (exact) mass is 433 g/mol. The molecule has 0 unspecified atom stereocenters. The van der Waals surface area contributed by atoms with Crippen LogP contribution in [0.15, 0.2) is 45.7 Å². The Kier molecular flexibility index (Phi) is 4.77. The summed E-state index contributed by atoms with van der Waals surface area (Å²) in [5, 5.41) is -1.93. The molecule has 0 bridgehead atoms. The Balaban J connectivity index is 2.07. The summed E-state index contributed by atoms with van der Waals surface area (Å²) in [6, 6.07) is 9.77. The van der Waals surface area contributed by atoms with Gasteiger partial charge in [0.05, 0.1) is 51.2 Å². The lowest BCUT2D eigenvalue weighted by Crippen LogP contribution is -2.44. The predicted molar refractivity (Wildman–Crippen MR) is 112 cm³/mol. The SMILES string of the molecule is [B]C([B])([B])n1c(=O)nc(N2CCCOc3c(Br)cccc32)c2c(F)cccc21. The van der Waals surface area contributed by atoms with Crippen molar-refractivity contribution in [1.82, 2.24) is 9.55 Å². The van der Waals surface area contributed by atoms with Crippen LogP contribution >= 0.6 is 15.9 Å². The van der Waals surface area contributed by atoms with Crippen molar-refractivity contribution >= 4 is 61.9 Å². The first-order valence-electron chi connectivity index (χ1n) is 8.56. The molecule has 0 aliphatic carbocycles. The quantitative estimate of drug-likeness (QED) is 0.582. The number of anilines is 2. The number of ether oxygens (including phenoxy) is 1. The molecule has 1 aromatic heterocycles. The van der Waals surface area contributed by atoms with Gasteiger partial charge in [0.2, 0.25) is 0 Å². The molecule has 28 heavy (non-hydrogen) atoms. The number of halogens is 2. The molecule has 0 saturated carbocycles. The lowest BCUT2D eigenvalue weighted by atomic mass is 9.49. The summed E-state index contributed by atoms with van der Waals surface area (Å²) in [6.45, 7) is 0.948. The van der Waals surface area contributed by atoms with Crippen molar-refractivity contribution in [2.45, 2.75) is 11.7 Å². The van der Waals surface area contributed by atoms with Crippen LogP contribution in [0, 0.1) is 5.82 Å². The fourth-order valence-electron chi connectivity index (χ4n) is 3.38. The molecular weight excluding hydrogens is 422 g/mol. The minimum absolute atomic E-state index is 0.0978. The van der Waals surface area contributed by atoms with E-state index < -0.39 is 16.7 Å². The summed E-state index contributed by atoms with van der Waals surface area (Å²) in [6.07, 6.45) is 0.649. The second-order valence-corrected chi connectivity index (χ2v) is 7.37. The summed E-state index contributed by atoms with van der Waals surface area (Å²) in [7, 11) is 17.2. The first-order chi connectivity index (χ1) is 13.3. The molecule has 2 heterocycles. The van der Waals surface area contributed by atoms with Crippen LogP contribution in [0.4, 0.5) is 15.9 Å². The number of fused-ring (bicyclic) bond motifs is 2. The van der Waals surface area contributed by atoms with Crippen molar-refractivity contribution in [2.24, 2.45) is 0 Å². The maximum absolute atomic E-state index is 14.9. The average molecular weight is 434 g/mol. The minimum atomic E-state index is -2.03. The summed E-state index contributed by atoms with van der Waals surface area (Å²) < 4.78 is 22.4. The molecule has 0 atom stereocenters. The summed E-state index contributed by atoms with van der Waals surface area (Å²) in [5.74, 6) is 0.185. The lowest BCUT2D eigenvalue weighted by Gasteiger charge is -2.29. The molecule has 134 valence electrons. The Morgan fingerprint density at radius 2 is 1.93 bits per heavy atom. The van der Waals surface area contributed by atoms with Gasteiger partial charge in [-0.2, -0.15) is 4.98 Å². The Labute approximate surface area is 173 Å². The summed E-state index contributed by atoms with van der Waals surface area (Å²) in [5.41, 5.74) is 0.0483. The summed E-state index contributed by atoms with van der Waals surface area (Å²) in [4.78, 5) is 18.6. The molecule has 0 amide bonds. The molecule has 4 rings (SSSR count). The first kappa shape index (κ1) is 19.1. The highest BCUT2D eigenvalue weighted by Crippen LogP contribution is 2.42. The van der Waals surface area contributed by atoms with Gasteiger partial charge in [-0.3, -0.25) is 0 Å². The number of benzene rings is 2. The maximum Gasteiger partial charge on any atom is 0.348 e. The number of nitrogens with zero attached hydrogens (tertiary/aromatic N) is 3. The highest BCUT2D eigenvalue weighted by Gasteiger charge is 2.27. The van der Waals surface area contributed by atoms with Crippen LogP contribution in [0.5, 0.6) is 5.75 Å². The second-order valence-electron chi connectivity index (χ2n) is 6.52. The normalized spacial score (nSPS) is 14.4. The van der Waals surface area contributed by atoms with E-state index in [0.717, 1.165) is 9.04 Å². The number of para-hydroxylation sites is 1. The fourth-order valence-corrected chi connectivity index (χ4v) is 3.85. The van der Waals surface area contributed by atoms with Gasteiger partial charge in [-0.15, -0.1) is 0 Å². The summed E-state index contributed by atoms with van der Waals surface area (Å²) >= 11 is 3.47. The molecule has 2 aromatic carbocycles. The van der Waals surface area contributed by atoms with E-state index >= 15 is 0 Å². The van der Waals surface area contributed by atoms with E-state index in [-0.39, 0.29) is 16.7 Å². The number of rotatable bonds is 2. The lowest BCUT2D eigenvalue weighted by molar-refractivity contribution is 0.321. The number of hydrogen-bond acceptors (Lipinski definition) is 4. The van der Waals surface area contributed by atoms with Gasteiger partial charge in [0.15, 0.2) is 11.6 Å². The highest BCUT2D eigenvalue weighted by atomic mass is 79.9. The molecule has 1 aliphatic heterocycles. The van der Waals surface area contributed by atoms with Gasteiger partial charge in [-0.1, -0.05) is 17.4 Å². The Morgan fingerprint density at radius 3 is 2.68 bits per heavy atom. The number of aromatic nitrogens is 2. The highest BCUT2D eigenvalue weighted by molar-refractivity contribution is 9.10. The molecule has 0 spiro atoms. The van der Waals surface area contributed by atoms with Crippen LogP contribution < -0.4 is 15.3 Å². The van der Waals surface area contributed by atoms with Crippen molar-refractivity contribution in [1.29, 1.82) is 0 Å². The van der Waals surface area contributed by atoms with E-state index in [9.17, 15) is 9.18 Å². The van der Waals surface area contributed by atoms with E-state index in [0.29, 0.717) is 31.0 Å². The zero-order valence-corrected chi connectivity index (χ0v) is 16.3. The van der Waals surface area contributed by atoms with Crippen molar-refractivity contribution in [3.8, 4) is 5.75 Å². The first-order valence-corrected chi connectivity index (χ1v) is 9.35. The van der Waals surface area contributed by atoms with Crippen LogP contribution in [-0.4, -0.2) is 46.2 Å². The van der Waals surface area contributed by atoms with Crippen LogP contribution in [0.3, 0.4) is 0 Å². The largest absolute Gasteiger partial charge is 0.490 e. The van der Waals surface area contributed by atoms with Gasteiger partial charge in [0.25, 0.3) is 0 Å². The molecule has 6 radical (unpaired) electrons. The van der Waals surface area contributed by atoms with Crippen molar-refractivity contribution < 1.29 is 9.13 Å². The maximum atomic E-state index is 14.9. The molecule has 1 aliphatic rings. The molecule has 0 fully saturated rings. The van der Waals surface area contributed by atoms with E-state index in [4.69, 9.17) is 28.3 Å². The molecule has 10 heteroatoms. The zero-order valence-electron chi connectivity index (χ0n) is 14.7. The third-order valence-electron chi connectivity index (χ3n) is 4.50. The van der Waals surface area contributed by atoms with Gasteiger partial charge in [-0.05, 0) is 46.6 Å². The molecule has 5 nitrogen and oxygen atoms in total. The smallest absolute Gasteiger partial charge is 0.348 e. The number of hydrogen-bond donors (Lipinski definition) is 0. The fraction of sp³-hybridized carbons (Fsp3) is 0.222. The zero-order chi connectivity index (χ0) is 20.1. The Morgan fingerprint density at radius 1 is 1.18 bits per heavy atom. The van der Waals surface area contributed by atoms with Gasteiger partial charge >= 0.3 is 5.69 Å². The van der Waals surface area contributed by atoms with E-state index in [2.05, 4.69) is 20.9 Å². The van der Waals surface area contributed by atoms with Crippen LogP contribution in [-0.2, 0) is 5.24 Å². The second kappa shape index (κ2) is 6.99. The topological polar surface area (TPSA) is 47.4 Å². The minimum Gasteiger partial charge on any atom is -0.490 e. The van der Waals surface area contributed by atoms with Crippen LogP contribution in [0.1, 0.15) is 6.42 Å². The van der Waals surface area contributed by atoms with Crippen LogP contribution in [0.25, 0.3) is 10.9 Å². The molecule has 0 saturated heterocycles. The average Bonchev–Trinajstić information content (AvgIpc) is 2.83. The third-order valence-corrected chi connectivity index (χ3v) is 5.13. The van der Waals surface area contributed by atoms with Gasteiger partial charge < -0.3 is 14.2 Å². The Hall–Kier alpha value is -2.22. The molecular formula is C18H12B3BrFN3O2. The van der Waals surface area contributed by atoms with Crippen molar-refractivity contribution in [3.05, 3.63) is 57.2 Å². The standard InChI is InChI=1S/C18H12B3BrFN3O2/c19-18(20,21)26-12-6-2-5-11(23)14(12)16(24-17(26)27)25-8-3-9-28-15-10(22)4-1-7-13(15)25/h1-2,4-7H,3,8-9H2. The molecule has 0 N–H and O–H groups in total. The van der Waals surface area contributed by atoms with Gasteiger partial charge in [0.1, 0.15) is 5.82 Å². The predicted octanol–water partition coefficient (Wildman–Crippen LogP) is 2.29. The third kappa shape index (κ3) is 3.13. The van der Waals surface area contributed by atoms with Gasteiger partial charge in [0, 0.05) is 6.54 Å². The van der Waals surface area contributed by atoms with E-state index in [1.807, 2.05) is 18.2 Å². The van der Waals surface area contributed by atoms with E-state index in [1.54, 1.807) is 4.90 Å². The van der Waals surface area contributed by atoms with Crippen molar-refractivity contribution in [2.75, 3.05) is 18.1 Å².